The summed E-state index contributed by atoms with van der Waals surface area (Å²) in [5.41, 5.74) is 1.19. The molecule has 1 nitrogen and oxygen atoms in total. The molecular formula is C9H12IN. The summed E-state index contributed by atoms with van der Waals surface area (Å²) < 4.78 is 1.27. The third-order valence-electron chi connectivity index (χ3n) is 1.30. The molecule has 1 aromatic carbocycles. The van der Waals surface area contributed by atoms with Gasteiger partial charge in [0.1, 0.15) is 0 Å². The van der Waals surface area contributed by atoms with Crippen LogP contribution in [0.2, 0.25) is 0 Å². The smallest absolute Gasteiger partial charge is 0.0342 e. The predicted molar refractivity (Wildman–Crippen MR) is 57.9 cm³/mol. The van der Waals surface area contributed by atoms with Crippen LogP contribution in [0.3, 0.4) is 0 Å². The molecular weight excluding hydrogens is 249 g/mol. The van der Waals surface area contributed by atoms with Crippen molar-refractivity contribution in [2.45, 2.75) is 19.9 Å². The van der Waals surface area contributed by atoms with Crippen molar-refractivity contribution in [1.29, 1.82) is 0 Å². The van der Waals surface area contributed by atoms with Crippen LogP contribution in [0.1, 0.15) is 13.8 Å². The lowest BCUT2D eigenvalue weighted by molar-refractivity contribution is 0.900. The fourth-order valence-corrected chi connectivity index (χ4v) is 1.24. The zero-order chi connectivity index (χ0) is 8.27. The van der Waals surface area contributed by atoms with E-state index in [1.807, 2.05) is 0 Å². The molecule has 0 unspecified atom stereocenters. The largest absolute Gasteiger partial charge is 0.383 e. The molecule has 11 heavy (non-hydrogen) atoms. The first-order valence-corrected chi connectivity index (χ1v) is 4.78. The van der Waals surface area contributed by atoms with Gasteiger partial charge in [0.25, 0.3) is 0 Å². The summed E-state index contributed by atoms with van der Waals surface area (Å²) in [7, 11) is 0. The molecule has 0 saturated carbocycles. The molecule has 2 heteroatoms. The van der Waals surface area contributed by atoms with Crippen LogP contribution in [-0.2, 0) is 0 Å². The summed E-state index contributed by atoms with van der Waals surface area (Å²) in [6, 6.07) is 8.91. The molecule has 1 rings (SSSR count). The molecule has 1 N–H and O–H groups in total. The highest BCUT2D eigenvalue weighted by Gasteiger charge is 1.93. The highest BCUT2D eigenvalue weighted by atomic mass is 127. The third-order valence-corrected chi connectivity index (χ3v) is 2.02. The summed E-state index contributed by atoms with van der Waals surface area (Å²) in [5.74, 6) is 0. The van der Waals surface area contributed by atoms with Crippen molar-refractivity contribution in [3.05, 3.63) is 27.8 Å². The van der Waals surface area contributed by atoms with Crippen LogP contribution in [0, 0.1) is 3.57 Å². The third kappa shape index (κ3) is 3.10. The van der Waals surface area contributed by atoms with E-state index in [-0.39, 0.29) is 0 Å². The number of benzene rings is 1. The minimum atomic E-state index is 0.509. The Balaban J connectivity index is 2.66. The highest BCUT2D eigenvalue weighted by Crippen LogP contribution is 2.11. The lowest BCUT2D eigenvalue weighted by atomic mass is 10.3. The van der Waals surface area contributed by atoms with Crippen molar-refractivity contribution in [1.82, 2.24) is 0 Å². The van der Waals surface area contributed by atoms with Crippen molar-refractivity contribution in [2.24, 2.45) is 0 Å². The number of hydrogen-bond donors (Lipinski definition) is 1. The Kier molecular flexibility index (Phi) is 3.17. The van der Waals surface area contributed by atoms with Crippen molar-refractivity contribution >= 4 is 28.3 Å². The Labute approximate surface area is 81.3 Å². The molecule has 0 atom stereocenters. The Hall–Kier alpha value is -0.250. The zero-order valence-corrected chi connectivity index (χ0v) is 8.92. The summed E-state index contributed by atoms with van der Waals surface area (Å²) in [6.45, 7) is 4.27. The van der Waals surface area contributed by atoms with Gasteiger partial charge in [-0.15, -0.1) is 0 Å². The average molecular weight is 261 g/mol. The van der Waals surface area contributed by atoms with Gasteiger partial charge in [-0.2, -0.15) is 0 Å². The van der Waals surface area contributed by atoms with Gasteiger partial charge in [-0.1, -0.05) is 0 Å². The molecule has 60 valence electrons. The van der Waals surface area contributed by atoms with Crippen LogP contribution < -0.4 is 5.32 Å². The molecule has 0 aliphatic rings. The first-order chi connectivity index (χ1) is 5.18. The van der Waals surface area contributed by atoms with E-state index < -0.39 is 0 Å². The van der Waals surface area contributed by atoms with E-state index in [0.29, 0.717) is 6.04 Å². The fourth-order valence-electron chi connectivity index (χ4n) is 0.879. The van der Waals surface area contributed by atoms with Gasteiger partial charge >= 0.3 is 0 Å². The minimum absolute atomic E-state index is 0.509. The maximum Gasteiger partial charge on any atom is 0.0342 e. The van der Waals surface area contributed by atoms with E-state index in [2.05, 4.69) is 66.0 Å². The molecule has 0 heterocycles. The van der Waals surface area contributed by atoms with Crippen molar-refractivity contribution in [3.8, 4) is 0 Å². The SMILES string of the molecule is CC(C)Nc1ccc(I)cc1. The van der Waals surface area contributed by atoms with Gasteiger partial charge in [-0.05, 0) is 60.7 Å². The quantitative estimate of drug-likeness (QED) is 0.806. The lowest BCUT2D eigenvalue weighted by Gasteiger charge is -2.08. The molecule has 0 aliphatic carbocycles. The van der Waals surface area contributed by atoms with E-state index in [0.717, 1.165) is 0 Å². The van der Waals surface area contributed by atoms with Crippen LogP contribution >= 0.6 is 22.6 Å². The molecule has 0 radical (unpaired) electrons. The number of anilines is 1. The zero-order valence-electron chi connectivity index (χ0n) is 6.76. The van der Waals surface area contributed by atoms with E-state index >= 15 is 0 Å². The second-order valence-corrected chi connectivity index (χ2v) is 4.05. The Morgan fingerprint density at radius 2 is 1.73 bits per heavy atom. The second kappa shape index (κ2) is 3.95. The summed E-state index contributed by atoms with van der Waals surface area (Å²) in [5, 5.41) is 3.33. The van der Waals surface area contributed by atoms with Gasteiger partial charge in [0, 0.05) is 15.3 Å². The van der Waals surface area contributed by atoms with Crippen LogP contribution in [0.5, 0.6) is 0 Å². The second-order valence-electron chi connectivity index (χ2n) is 2.81. The fraction of sp³-hybridized carbons (Fsp3) is 0.333. The van der Waals surface area contributed by atoms with Crippen LogP contribution in [0.15, 0.2) is 24.3 Å². The lowest BCUT2D eigenvalue weighted by Crippen LogP contribution is -2.09. The molecule has 0 spiro atoms. The molecule has 0 bridgehead atoms. The Bertz CT molecular complexity index is 216. The van der Waals surface area contributed by atoms with E-state index in [1.165, 1.54) is 9.26 Å². The highest BCUT2D eigenvalue weighted by molar-refractivity contribution is 14.1. The first kappa shape index (κ1) is 8.84. The molecule has 0 fully saturated rings. The van der Waals surface area contributed by atoms with Crippen LogP contribution in [-0.4, -0.2) is 6.04 Å². The molecule has 0 aliphatic heterocycles. The molecule has 0 amide bonds. The summed E-state index contributed by atoms with van der Waals surface area (Å²) in [6.07, 6.45) is 0. The molecule has 0 aromatic heterocycles. The van der Waals surface area contributed by atoms with Gasteiger partial charge < -0.3 is 5.32 Å². The van der Waals surface area contributed by atoms with Gasteiger partial charge in [0.15, 0.2) is 0 Å². The maximum absolute atomic E-state index is 3.33. The number of nitrogens with one attached hydrogen (secondary N) is 1. The normalized spacial score (nSPS) is 10.2. The maximum atomic E-state index is 3.33. The summed E-state index contributed by atoms with van der Waals surface area (Å²) >= 11 is 2.30. The van der Waals surface area contributed by atoms with Gasteiger partial charge in [0.05, 0.1) is 0 Å². The number of halogens is 1. The number of rotatable bonds is 2. The van der Waals surface area contributed by atoms with Crippen molar-refractivity contribution < 1.29 is 0 Å². The van der Waals surface area contributed by atoms with Gasteiger partial charge in [0.2, 0.25) is 0 Å². The van der Waals surface area contributed by atoms with Gasteiger partial charge in [-0.25, -0.2) is 0 Å². The Morgan fingerprint density at radius 1 is 1.18 bits per heavy atom. The average Bonchev–Trinajstić information content (AvgIpc) is 1.93. The standard InChI is InChI=1S/C9H12IN/c1-7(2)11-9-5-3-8(10)4-6-9/h3-7,11H,1-2H3. The number of hydrogen-bond acceptors (Lipinski definition) is 1. The van der Waals surface area contributed by atoms with E-state index in [1.54, 1.807) is 0 Å². The molecule has 1 aromatic rings. The van der Waals surface area contributed by atoms with E-state index in [9.17, 15) is 0 Å². The first-order valence-electron chi connectivity index (χ1n) is 3.70. The predicted octanol–water partition coefficient (Wildman–Crippen LogP) is 3.11. The van der Waals surface area contributed by atoms with Crippen molar-refractivity contribution in [2.75, 3.05) is 5.32 Å². The monoisotopic (exact) mass is 261 g/mol. The molecule has 0 saturated heterocycles. The summed E-state index contributed by atoms with van der Waals surface area (Å²) in [4.78, 5) is 0. The topological polar surface area (TPSA) is 12.0 Å². The van der Waals surface area contributed by atoms with Gasteiger partial charge in [-0.3, -0.25) is 0 Å². The van der Waals surface area contributed by atoms with Crippen LogP contribution in [0.4, 0.5) is 5.69 Å². The minimum Gasteiger partial charge on any atom is -0.383 e. The van der Waals surface area contributed by atoms with E-state index in [4.69, 9.17) is 0 Å². The Morgan fingerprint density at radius 3 is 2.18 bits per heavy atom. The van der Waals surface area contributed by atoms with Crippen LogP contribution in [0.25, 0.3) is 0 Å². The van der Waals surface area contributed by atoms with Crippen molar-refractivity contribution in [3.63, 3.8) is 0 Å².